The second-order valence-electron chi connectivity index (χ2n) is 5.60. The van der Waals surface area contributed by atoms with Gasteiger partial charge in [0.2, 0.25) is 15.1 Å². The lowest BCUT2D eigenvalue weighted by Crippen LogP contribution is -2.33. The Morgan fingerprint density at radius 2 is 2.15 bits per heavy atom. The number of pyridine rings is 1. The smallest absolute Gasteiger partial charge is 0.244 e. The summed E-state index contributed by atoms with van der Waals surface area (Å²) in [6.07, 6.45) is 4.75. The average molecular weight is 392 g/mol. The van der Waals surface area contributed by atoms with Gasteiger partial charge in [-0.3, -0.25) is 9.78 Å². The average Bonchev–Trinajstić information content (AvgIpc) is 3.09. The number of benzene rings is 1. The van der Waals surface area contributed by atoms with Gasteiger partial charge in [0.25, 0.3) is 0 Å². The van der Waals surface area contributed by atoms with Crippen LogP contribution in [0.1, 0.15) is 18.5 Å². The zero-order valence-electron chi connectivity index (χ0n) is 14.0. The Bertz CT molecular complexity index is 946. The van der Waals surface area contributed by atoms with Crippen molar-refractivity contribution in [2.45, 2.75) is 17.9 Å². The van der Waals surface area contributed by atoms with Crippen LogP contribution in [0.15, 0.2) is 65.3 Å². The third kappa shape index (κ3) is 3.58. The standard InChI is InChI=1S/C18H17FN2O3S2/c1-2-25-18(22)16-8-10-21(17(16)13-5-4-9-20-12-13)26(23,24)15-7-3-6-14(19)11-15/h3-9,11-12,17H,2,10H2,1H3. The van der Waals surface area contributed by atoms with Crippen LogP contribution in [0.5, 0.6) is 0 Å². The molecule has 1 atom stereocenters. The first-order valence-electron chi connectivity index (χ1n) is 7.99. The van der Waals surface area contributed by atoms with Gasteiger partial charge in [-0.2, -0.15) is 4.31 Å². The summed E-state index contributed by atoms with van der Waals surface area (Å²) in [4.78, 5) is 16.4. The maximum atomic E-state index is 13.5. The minimum atomic E-state index is -3.99. The summed E-state index contributed by atoms with van der Waals surface area (Å²) < 4.78 is 40.9. The Hall–Kier alpha value is -2.03. The highest BCUT2D eigenvalue weighted by Gasteiger charge is 2.40. The van der Waals surface area contributed by atoms with Crippen molar-refractivity contribution in [1.29, 1.82) is 0 Å². The fourth-order valence-corrected chi connectivity index (χ4v) is 5.04. The molecule has 1 unspecified atom stereocenters. The molecule has 0 bridgehead atoms. The van der Waals surface area contributed by atoms with E-state index in [9.17, 15) is 17.6 Å². The quantitative estimate of drug-likeness (QED) is 0.782. The van der Waals surface area contributed by atoms with Crippen LogP contribution in [0.3, 0.4) is 0 Å². The monoisotopic (exact) mass is 392 g/mol. The van der Waals surface area contributed by atoms with Crippen molar-refractivity contribution in [1.82, 2.24) is 9.29 Å². The van der Waals surface area contributed by atoms with Gasteiger partial charge in [0.05, 0.1) is 10.9 Å². The molecule has 1 aromatic carbocycles. The summed E-state index contributed by atoms with van der Waals surface area (Å²) in [5.41, 5.74) is 1.01. The van der Waals surface area contributed by atoms with E-state index < -0.39 is 21.9 Å². The van der Waals surface area contributed by atoms with E-state index in [0.717, 1.165) is 17.8 Å². The first-order valence-corrected chi connectivity index (χ1v) is 10.4. The van der Waals surface area contributed by atoms with Crippen LogP contribution in [0.25, 0.3) is 0 Å². The van der Waals surface area contributed by atoms with E-state index in [1.165, 1.54) is 22.5 Å². The highest BCUT2D eigenvalue weighted by atomic mass is 32.2. The number of halogens is 1. The third-order valence-electron chi connectivity index (χ3n) is 3.99. The van der Waals surface area contributed by atoms with Crippen LogP contribution >= 0.6 is 11.8 Å². The minimum Gasteiger partial charge on any atom is -0.282 e. The Balaban J connectivity index is 2.05. The van der Waals surface area contributed by atoms with E-state index in [1.807, 2.05) is 6.92 Å². The van der Waals surface area contributed by atoms with Crippen molar-refractivity contribution in [3.8, 4) is 0 Å². The summed E-state index contributed by atoms with van der Waals surface area (Å²) >= 11 is 1.13. The topological polar surface area (TPSA) is 67.3 Å². The fourth-order valence-electron chi connectivity index (χ4n) is 2.85. The van der Waals surface area contributed by atoms with Gasteiger partial charge in [-0.05, 0) is 35.6 Å². The van der Waals surface area contributed by atoms with Gasteiger partial charge in [0, 0.05) is 24.5 Å². The largest absolute Gasteiger partial charge is 0.282 e. The second-order valence-corrected chi connectivity index (χ2v) is 8.73. The van der Waals surface area contributed by atoms with E-state index >= 15 is 0 Å². The van der Waals surface area contributed by atoms with Gasteiger partial charge in [0.15, 0.2) is 0 Å². The van der Waals surface area contributed by atoms with E-state index in [4.69, 9.17) is 0 Å². The molecule has 1 aliphatic rings. The summed E-state index contributed by atoms with van der Waals surface area (Å²) in [5.74, 6) is -0.0407. The van der Waals surface area contributed by atoms with Crippen molar-refractivity contribution in [2.75, 3.05) is 12.3 Å². The molecule has 3 rings (SSSR count). The van der Waals surface area contributed by atoms with Crippen molar-refractivity contribution in [3.05, 3.63) is 71.8 Å². The maximum absolute atomic E-state index is 13.5. The van der Waals surface area contributed by atoms with Crippen molar-refractivity contribution < 1.29 is 17.6 Å². The predicted octanol–water partition coefficient (Wildman–Crippen LogP) is 3.17. The normalized spacial score (nSPS) is 17.9. The molecule has 0 saturated carbocycles. The van der Waals surface area contributed by atoms with Crippen LogP contribution in [-0.4, -0.2) is 35.1 Å². The number of carbonyl (C=O) groups is 1. The van der Waals surface area contributed by atoms with Gasteiger partial charge in [-0.25, -0.2) is 12.8 Å². The van der Waals surface area contributed by atoms with Gasteiger partial charge in [-0.1, -0.05) is 36.9 Å². The molecule has 26 heavy (non-hydrogen) atoms. The van der Waals surface area contributed by atoms with Gasteiger partial charge in [0.1, 0.15) is 5.82 Å². The Morgan fingerprint density at radius 3 is 2.81 bits per heavy atom. The van der Waals surface area contributed by atoms with Crippen LogP contribution < -0.4 is 0 Å². The molecule has 0 radical (unpaired) electrons. The number of rotatable bonds is 5. The molecule has 0 saturated heterocycles. The van der Waals surface area contributed by atoms with E-state index in [0.29, 0.717) is 16.9 Å². The van der Waals surface area contributed by atoms with Crippen LogP contribution in [-0.2, 0) is 14.8 Å². The highest BCUT2D eigenvalue weighted by Crippen LogP contribution is 2.39. The van der Waals surface area contributed by atoms with Crippen LogP contribution in [0.4, 0.5) is 4.39 Å². The predicted molar refractivity (Wildman–Crippen MR) is 98.5 cm³/mol. The van der Waals surface area contributed by atoms with Crippen LogP contribution in [0, 0.1) is 5.82 Å². The summed E-state index contributed by atoms with van der Waals surface area (Å²) in [6.45, 7) is 1.90. The molecule has 2 aromatic rings. The molecule has 0 N–H and O–H groups in total. The number of hydrogen-bond donors (Lipinski definition) is 0. The Kier molecular flexibility index (Phi) is 5.55. The summed E-state index contributed by atoms with van der Waals surface area (Å²) in [7, 11) is -3.99. The van der Waals surface area contributed by atoms with E-state index in [1.54, 1.807) is 30.6 Å². The molecule has 0 fully saturated rings. The molecule has 1 aliphatic heterocycles. The number of aromatic nitrogens is 1. The first-order chi connectivity index (χ1) is 12.4. The summed E-state index contributed by atoms with van der Waals surface area (Å²) in [6, 6.07) is 7.51. The molecule has 2 heterocycles. The van der Waals surface area contributed by atoms with E-state index in [2.05, 4.69) is 4.98 Å². The van der Waals surface area contributed by atoms with Gasteiger partial charge in [-0.15, -0.1) is 0 Å². The minimum absolute atomic E-state index is 0.0454. The molecule has 1 aromatic heterocycles. The lowest BCUT2D eigenvalue weighted by molar-refractivity contribution is -0.108. The molecule has 0 spiro atoms. The molecule has 5 nitrogen and oxygen atoms in total. The number of hydrogen-bond acceptors (Lipinski definition) is 5. The summed E-state index contributed by atoms with van der Waals surface area (Å²) in [5, 5.41) is -0.168. The van der Waals surface area contributed by atoms with E-state index in [-0.39, 0.29) is 16.6 Å². The molecule has 136 valence electrons. The SMILES string of the molecule is CCSC(=O)C1=CCN(S(=O)(=O)c2cccc(F)c2)C1c1cccnc1. The molecular weight excluding hydrogens is 375 g/mol. The third-order valence-corrected chi connectivity index (χ3v) is 6.60. The first kappa shape index (κ1) is 18.8. The van der Waals surface area contributed by atoms with Gasteiger partial charge >= 0.3 is 0 Å². The lowest BCUT2D eigenvalue weighted by Gasteiger charge is -2.26. The molecule has 0 aliphatic carbocycles. The number of carbonyl (C=O) groups excluding carboxylic acids is 1. The van der Waals surface area contributed by atoms with Crippen molar-refractivity contribution in [2.24, 2.45) is 0 Å². The van der Waals surface area contributed by atoms with Crippen molar-refractivity contribution in [3.63, 3.8) is 0 Å². The van der Waals surface area contributed by atoms with Gasteiger partial charge < -0.3 is 0 Å². The number of thioether (sulfide) groups is 1. The zero-order chi connectivity index (χ0) is 18.7. The fraction of sp³-hybridized carbons (Fsp3) is 0.222. The molecule has 0 amide bonds. The lowest BCUT2D eigenvalue weighted by atomic mass is 10.0. The molecular formula is C18H17FN2O3S2. The highest BCUT2D eigenvalue weighted by molar-refractivity contribution is 8.14. The maximum Gasteiger partial charge on any atom is 0.244 e. The number of sulfonamides is 1. The number of nitrogens with zero attached hydrogens (tertiary/aromatic N) is 2. The van der Waals surface area contributed by atoms with Crippen LogP contribution in [0.2, 0.25) is 0 Å². The Labute approximate surface area is 156 Å². The Morgan fingerprint density at radius 1 is 1.35 bits per heavy atom. The zero-order valence-corrected chi connectivity index (χ0v) is 15.6. The second kappa shape index (κ2) is 7.69. The van der Waals surface area contributed by atoms with Crippen molar-refractivity contribution >= 4 is 26.9 Å². The molecule has 8 heteroatoms.